The molecule has 3 heterocycles. The van der Waals surface area contributed by atoms with Gasteiger partial charge in [0.2, 0.25) is 5.89 Å². The average molecular weight is 488 g/mol. The third-order valence-corrected chi connectivity index (χ3v) is 6.25. The third kappa shape index (κ3) is 4.32. The SMILES string of the molecule is CC(C)c1noc(CCCN2CC(O)=C(c3nc(-c4ccc(Br)cc4)cs3)C2=N)n1. The van der Waals surface area contributed by atoms with Crippen LogP contribution in [0.5, 0.6) is 0 Å². The zero-order valence-corrected chi connectivity index (χ0v) is 19.1. The van der Waals surface area contributed by atoms with Gasteiger partial charge < -0.3 is 14.5 Å². The van der Waals surface area contributed by atoms with E-state index in [-0.39, 0.29) is 11.7 Å². The van der Waals surface area contributed by atoms with E-state index >= 15 is 0 Å². The lowest BCUT2D eigenvalue weighted by molar-refractivity contribution is 0.336. The Morgan fingerprint density at radius 3 is 2.73 bits per heavy atom. The Bertz CT molecular complexity index is 1090. The van der Waals surface area contributed by atoms with Gasteiger partial charge in [0.1, 0.15) is 16.6 Å². The number of thiazole rings is 1. The first-order chi connectivity index (χ1) is 14.4. The van der Waals surface area contributed by atoms with E-state index in [9.17, 15) is 5.11 Å². The number of aliphatic hydroxyl groups excluding tert-OH is 1. The van der Waals surface area contributed by atoms with Gasteiger partial charge in [0, 0.05) is 34.3 Å². The quantitative estimate of drug-likeness (QED) is 0.470. The first kappa shape index (κ1) is 20.7. The molecular weight excluding hydrogens is 466 g/mol. The van der Waals surface area contributed by atoms with Crippen molar-refractivity contribution >= 4 is 38.7 Å². The summed E-state index contributed by atoms with van der Waals surface area (Å²) in [6, 6.07) is 7.92. The molecular formula is C21H22BrN5O2S. The van der Waals surface area contributed by atoms with Crippen LogP contribution in [0.15, 0.2) is 44.4 Å². The highest BCUT2D eigenvalue weighted by Crippen LogP contribution is 2.32. The molecule has 0 atom stereocenters. The van der Waals surface area contributed by atoms with E-state index in [0.717, 1.165) is 22.2 Å². The Kier molecular flexibility index (Phi) is 6.01. The van der Waals surface area contributed by atoms with Crippen LogP contribution in [0.3, 0.4) is 0 Å². The predicted octanol–water partition coefficient (Wildman–Crippen LogP) is 5.27. The fourth-order valence-electron chi connectivity index (χ4n) is 3.22. The number of benzene rings is 1. The van der Waals surface area contributed by atoms with Crippen LogP contribution in [0.4, 0.5) is 0 Å². The van der Waals surface area contributed by atoms with Gasteiger partial charge in [0.25, 0.3) is 0 Å². The van der Waals surface area contributed by atoms with Crippen molar-refractivity contribution in [1.82, 2.24) is 20.0 Å². The van der Waals surface area contributed by atoms with Crippen LogP contribution in [0.1, 0.15) is 42.9 Å². The van der Waals surface area contributed by atoms with Gasteiger partial charge in [-0.05, 0) is 18.6 Å². The number of aromatic nitrogens is 3. The maximum atomic E-state index is 10.5. The standard InChI is InChI=1S/C21H22BrN5O2S/c1-12(2)20-25-17(29-26-20)4-3-9-27-10-16(28)18(19(27)23)21-24-15(11-30-21)13-5-7-14(22)8-6-13/h5-8,11-12,23,28H,3-4,9-10H2,1-2H3. The molecule has 0 amide bonds. The number of hydrogen-bond donors (Lipinski definition) is 2. The van der Waals surface area contributed by atoms with E-state index < -0.39 is 0 Å². The number of amidine groups is 1. The molecule has 0 bridgehead atoms. The van der Waals surface area contributed by atoms with Gasteiger partial charge in [0.05, 0.1) is 17.8 Å². The molecule has 0 radical (unpaired) electrons. The van der Waals surface area contributed by atoms with Crippen molar-refractivity contribution in [2.24, 2.45) is 0 Å². The minimum absolute atomic E-state index is 0.191. The summed E-state index contributed by atoms with van der Waals surface area (Å²) in [5, 5.41) is 25.6. The number of nitrogens with one attached hydrogen (secondary N) is 1. The largest absolute Gasteiger partial charge is 0.510 e. The molecule has 4 rings (SSSR count). The molecule has 3 aromatic rings. The van der Waals surface area contributed by atoms with Crippen molar-refractivity contribution in [3.05, 3.63) is 56.6 Å². The summed E-state index contributed by atoms with van der Waals surface area (Å²) in [7, 11) is 0. The monoisotopic (exact) mass is 487 g/mol. The minimum atomic E-state index is 0.191. The van der Waals surface area contributed by atoms with Crippen LogP contribution >= 0.6 is 27.3 Å². The van der Waals surface area contributed by atoms with Crippen molar-refractivity contribution in [3.8, 4) is 11.3 Å². The second-order valence-electron chi connectivity index (χ2n) is 7.44. The summed E-state index contributed by atoms with van der Waals surface area (Å²) >= 11 is 4.88. The van der Waals surface area contributed by atoms with Crippen molar-refractivity contribution < 1.29 is 9.63 Å². The Labute approximate surface area is 187 Å². The first-order valence-corrected chi connectivity index (χ1v) is 11.4. The van der Waals surface area contributed by atoms with Crippen LogP contribution in [-0.2, 0) is 6.42 Å². The highest BCUT2D eigenvalue weighted by Gasteiger charge is 2.30. The van der Waals surface area contributed by atoms with Gasteiger partial charge in [-0.2, -0.15) is 4.98 Å². The molecule has 0 aliphatic carbocycles. The molecule has 2 N–H and O–H groups in total. The zero-order valence-electron chi connectivity index (χ0n) is 16.7. The molecule has 0 fully saturated rings. The second-order valence-corrected chi connectivity index (χ2v) is 9.21. The smallest absolute Gasteiger partial charge is 0.226 e. The highest BCUT2D eigenvalue weighted by molar-refractivity contribution is 9.10. The van der Waals surface area contributed by atoms with Crippen LogP contribution in [-0.4, -0.2) is 44.1 Å². The van der Waals surface area contributed by atoms with Crippen LogP contribution in [0.25, 0.3) is 16.8 Å². The van der Waals surface area contributed by atoms with Crippen molar-refractivity contribution in [2.75, 3.05) is 13.1 Å². The zero-order chi connectivity index (χ0) is 21.3. The van der Waals surface area contributed by atoms with Crippen LogP contribution < -0.4 is 0 Å². The second kappa shape index (κ2) is 8.69. The molecule has 156 valence electrons. The molecule has 1 aromatic carbocycles. The summed E-state index contributed by atoms with van der Waals surface area (Å²) in [4.78, 5) is 10.9. The lowest BCUT2D eigenvalue weighted by Crippen LogP contribution is -2.28. The number of aliphatic hydroxyl groups is 1. The van der Waals surface area contributed by atoms with E-state index in [4.69, 9.17) is 9.93 Å². The van der Waals surface area contributed by atoms with Gasteiger partial charge in [-0.1, -0.05) is 47.1 Å². The number of hydrogen-bond acceptors (Lipinski definition) is 7. The third-order valence-electron chi connectivity index (χ3n) is 4.86. The molecule has 1 aliphatic heterocycles. The summed E-state index contributed by atoms with van der Waals surface area (Å²) in [6.07, 6.45) is 1.40. The van der Waals surface area contributed by atoms with Gasteiger partial charge in [0.15, 0.2) is 5.82 Å². The normalized spacial score (nSPS) is 14.4. The molecule has 0 saturated carbocycles. The van der Waals surface area contributed by atoms with E-state index in [1.807, 2.05) is 48.4 Å². The lowest BCUT2D eigenvalue weighted by Gasteiger charge is -2.17. The molecule has 9 heteroatoms. The Morgan fingerprint density at radius 1 is 1.27 bits per heavy atom. The topological polar surface area (TPSA) is 99.1 Å². The number of halogens is 1. The molecule has 1 aliphatic rings. The van der Waals surface area contributed by atoms with Gasteiger partial charge in [-0.25, -0.2) is 4.98 Å². The van der Waals surface area contributed by atoms with Crippen LogP contribution in [0.2, 0.25) is 0 Å². The van der Waals surface area contributed by atoms with E-state index in [0.29, 0.717) is 47.6 Å². The van der Waals surface area contributed by atoms with Gasteiger partial charge >= 0.3 is 0 Å². The van der Waals surface area contributed by atoms with Crippen molar-refractivity contribution in [1.29, 1.82) is 5.41 Å². The summed E-state index contributed by atoms with van der Waals surface area (Å²) in [5.41, 5.74) is 2.36. The summed E-state index contributed by atoms with van der Waals surface area (Å²) in [6.45, 7) is 4.99. The van der Waals surface area contributed by atoms with Gasteiger partial charge in [-0.3, -0.25) is 5.41 Å². The molecule has 0 unspecified atom stereocenters. The maximum absolute atomic E-state index is 10.5. The number of aryl methyl sites for hydroxylation is 1. The molecule has 0 saturated heterocycles. The first-order valence-electron chi connectivity index (χ1n) is 9.72. The number of rotatable bonds is 7. The molecule has 30 heavy (non-hydrogen) atoms. The van der Waals surface area contributed by atoms with E-state index in [1.165, 1.54) is 11.3 Å². The summed E-state index contributed by atoms with van der Waals surface area (Å²) < 4.78 is 6.29. The fourth-order valence-corrected chi connectivity index (χ4v) is 4.38. The van der Waals surface area contributed by atoms with Crippen molar-refractivity contribution in [2.45, 2.75) is 32.6 Å². The summed E-state index contributed by atoms with van der Waals surface area (Å²) in [5.74, 6) is 2.06. The minimum Gasteiger partial charge on any atom is -0.510 e. The Morgan fingerprint density at radius 2 is 2.03 bits per heavy atom. The molecule has 7 nitrogen and oxygen atoms in total. The molecule has 0 spiro atoms. The van der Waals surface area contributed by atoms with E-state index in [2.05, 4.69) is 31.1 Å². The Hall–Kier alpha value is -2.52. The van der Waals surface area contributed by atoms with Gasteiger partial charge in [-0.15, -0.1) is 11.3 Å². The average Bonchev–Trinajstić information content (AvgIpc) is 3.43. The van der Waals surface area contributed by atoms with Crippen LogP contribution in [0, 0.1) is 5.41 Å². The van der Waals surface area contributed by atoms with Crippen molar-refractivity contribution in [3.63, 3.8) is 0 Å². The number of nitrogens with zero attached hydrogens (tertiary/aromatic N) is 4. The Balaban J connectivity index is 1.39. The lowest BCUT2D eigenvalue weighted by atomic mass is 10.2. The maximum Gasteiger partial charge on any atom is 0.226 e. The fraction of sp³-hybridized carbons (Fsp3) is 0.333. The van der Waals surface area contributed by atoms with E-state index in [1.54, 1.807) is 0 Å². The highest BCUT2D eigenvalue weighted by atomic mass is 79.9. The predicted molar refractivity (Wildman–Crippen MR) is 121 cm³/mol. The molecule has 2 aromatic heterocycles.